The van der Waals surface area contributed by atoms with Crippen LogP contribution in [0.3, 0.4) is 0 Å². The second-order valence-corrected chi connectivity index (χ2v) is 3.57. The number of unbranched alkanes of at least 4 members (excludes halogenated alkanes) is 1. The zero-order valence-electron chi connectivity index (χ0n) is 7.74. The van der Waals surface area contributed by atoms with Crippen LogP contribution in [0, 0.1) is 0 Å². The third-order valence-electron chi connectivity index (χ3n) is 1.67. The fraction of sp³-hybridized carbons (Fsp3) is 0.444. The topological polar surface area (TPSA) is 54.9 Å². The molecule has 0 bridgehead atoms. The Labute approximate surface area is 91.3 Å². The lowest BCUT2D eigenvalue weighted by Crippen LogP contribution is -2.24. The van der Waals surface area contributed by atoms with Gasteiger partial charge in [0, 0.05) is 24.3 Å². The van der Waals surface area contributed by atoms with Crippen LogP contribution in [0.1, 0.15) is 23.2 Å². The van der Waals surface area contributed by atoms with Gasteiger partial charge in [0.15, 0.2) is 0 Å². The van der Waals surface area contributed by atoms with Gasteiger partial charge in [0.1, 0.15) is 6.33 Å². The van der Waals surface area contributed by atoms with E-state index in [4.69, 9.17) is 0 Å². The molecular formula is C9H12BrN3O. The number of nitrogens with zero attached hydrogens (tertiary/aromatic N) is 2. The first kappa shape index (κ1) is 11.1. The van der Waals surface area contributed by atoms with E-state index < -0.39 is 0 Å². The average molecular weight is 258 g/mol. The molecule has 1 amide bonds. The molecule has 0 aromatic carbocycles. The predicted molar refractivity (Wildman–Crippen MR) is 57.4 cm³/mol. The number of carbonyl (C=O) groups excluding carboxylic acids is 1. The summed E-state index contributed by atoms with van der Waals surface area (Å²) in [7, 11) is 0. The van der Waals surface area contributed by atoms with Gasteiger partial charge in [-0.1, -0.05) is 15.9 Å². The number of hydrogen-bond donors (Lipinski definition) is 1. The van der Waals surface area contributed by atoms with E-state index >= 15 is 0 Å². The fourth-order valence-corrected chi connectivity index (χ4v) is 1.34. The third kappa shape index (κ3) is 3.83. The monoisotopic (exact) mass is 257 g/mol. The average Bonchev–Trinajstić information content (AvgIpc) is 2.25. The number of alkyl halides is 1. The van der Waals surface area contributed by atoms with Crippen molar-refractivity contribution in [3.8, 4) is 0 Å². The minimum atomic E-state index is -0.111. The maximum Gasteiger partial charge on any atom is 0.254 e. The summed E-state index contributed by atoms with van der Waals surface area (Å²) in [6.45, 7) is 0.694. The first-order valence-electron chi connectivity index (χ1n) is 4.44. The molecule has 1 aromatic heterocycles. The SMILES string of the molecule is O=C(NCCCCBr)c1cncnc1. The summed E-state index contributed by atoms with van der Waals surface area (Å²) in [5.41, 5.74) is 0.506. The highest BCUT2D eigenvalue weighted by Crippen LogP contribution is 1.95. The summed E-state index contributed by atoms with van der Waals surface area (Å²) in [5.74, 6) is -0.111. The van der Waals surface area contributed by atoms with E-state index in [1.54, 1.807) is 0 Å². The van der Waals surface area contributed by atoms with Crippen LogP contribution >= 0.6 is 15.9 Å². The number of amides is 1. The molecule has 1 heterocycles. The van der Waals surface area contributed by atoms with Gasteiger partial charge in [0.2, 0.25) is 0 Å². The molecule has 0 fully saturated rings. The van der Waals surface area contributed by atoms with Crippen molar-refractivity contribution < 1.29 is 4.79 Å². The Morgan fingerprint density at radius 2 is 2.07 bits per heavy atom. The molecule has 4 nitrogen and oxygen atoms in total. The van der Waals surface area contributed by atoms with Crippen molar-refractivity contribution in [2.45, 2.75) is 12.8 Å². The molecule has 1 N–H and O–H groups in total. The van der Waals surface area contributed by atoms with Crippen LogP contribution in [0.2, 0.25) is 0 Å². The van der Waals surface area contributed by atoms with Gasteiger partial charge >= 0.3 is 0 Å². The summed E-state index contributed by atoms with van der Waals surface area (Å²) < 4.78 is 0. The van der Waals surface area contributed by atoms with E-state index in [9.17, 15) is 4.79 Å². The van der Waals surface area contributed by atoms with Gasteiger partial charge in [-0.2, -0.15) is 0 Å². The van der Waals surface area contributed by atoms with Crippen LogP contribution in [0.15, 0.2) is 18.7 Å². The number of halogens is 1. The summed E-state index contributed by atoms with van der Waals surface area (Å²) in [6, 6.07) is 0. The molecule has 0 aliphatic rings. The number of aromatic nitrogens is 2. The minimum absolute atomic E-state index is 0.111. The first-order chi connectivity index (χ1) is 6.84. The number of hydrogen-bond acceptors (Lipinski definition) is 3. The lowest BCUT2D eigenvalue weighted by atomic mass is 10.3. The zero-order chi connectivity index (χ0) is 10.2. The molecule has 0 saturated carbocycles. The van der Waals surface area contributed by atoms with E-state index in [2.05, 4.69) is 31.2 Å². The molecule has 0 aliphatic heterocycles. The molecule has 5 heteroatoms. The maximum atomic E-state index is 11.4. The van der Waals surface area contributed by atoms with E-state index in [1.807, 2.05) is 0 Å². The van der Waals surface area contributed by atoms with E-state index in [0.29, 0.717) is 12.1 Å². The third-order valence-corrected chi connectivity index (χ3v) is 2.23. The van der Waals surface area contributed by atoms with Crippen molar-refractivity contribution in [2.75, 3.05) is 11.9 Å². The first-order valence-corrected chi connectivity index (χ1v) is 5.56. The Kier molecular flexibility index (Phi) is 5.14. The lowest BCUT2D eigenvalue weighted by molar-refractivity contribution is 0.0952. The Bertz CT molecular complexity index is 279. The van der Waals surface area contributed by atoms with Gasteiger partial charge in [-0.25, -0.2) is 9.97 Å². The Morgan fingerprint density at radius 3 is 2.71 bits per heavy atom. The highest BCUT2D eigenvalue weighted by Gasteiger charge is 2.03. The van der Waals surface area contributed by atoms with E-state index in [1.165, 1.54) is 18.7 Å². The van der Waals surface area contributed by atoms with Gasteiger partial charge in [-0.05, 0) is 12.8 Å². The Balaban J connectivity index is 2.29. The summed E-state index contributed by atoms with van der Waals surface area (Å²) in [6.07, 6.45) is 6.46. The summed E-state index contributed by atoms with van der Waals surface area (Å²) in [4.78, 5) is 18.9. The molecule has 0 radical (unpaired) electrons. The van der Waals surface area contributed by atoms with Crippen LogP contribution < -0.4 is 5.32 Å². The molecule has 0 saturated heterocycles. The second-order valence-electron chi connectivity index (χ2n) is 2.78. The normalized spacial score (nSPS) is 9.79. The molecule has 1 rings (SSSR count). The van der Waals surface area contributed by atoms with E-state index in [-0.39, 0.29) is 5.91 Å². The highest BCUT2D eigenvalue weighted by atomic mass is 79.9. The van der Waals surface area contributed by atoms with Crippen LogP contribution in [-0.4, -0.2) is 27.7 Å². The smallest absolute Gasteiger partial charge is 0.254 e. The largest absolute Gasteiger partial charge is 0.352 e. The van der Waals surface area contributed by atoms with Gasteiger partial charge in [0.05, 0.1) is 5.56 Å². The molecule has 0 aliphatic carbocycles. The molecule has 0 atom stereocenters. The quantitative estimate of drug-likeness (QED) is 0.641. The summed E-state index contributed by atoms with van der Waals surface area (Å²) >= 11 is 3.33. The maximum absolute atomic E-state index is 11.4. The van der Waals surface area contributed by atoms with Crippen LogP contribution in [0.5, 0.6) is 0 Å². The number of nitrogens with one attached hydrogen (secondary N) is 1. The van der Waals surface area contributed by atoms with Crippen molar-refractivity contribution in [1.82, 2.24) is 15.3 Å². The van der Waals surface area contributed by atoms with Crippen LogP contribution in [0.25, 0.3) is 0 Å². The number of rotatable bonds is 5. The Morgan fingerprint density at radius 1 is 1.36 bits per heavy atom. The van der Waals surface area contributed by atoms with Gasteiger partial charge in [-0.3, -0.25) is 4.79 Å². The number of carbonyl (C=O) groups is 1. The fourth-order valence-electron chi connectivity index (χ4n) is 0.940. The zero-order valence-corrected chi connectivity index (χ0v) is 9.33. The lowest BCUT2D eigenvalue weighted by Gasteiger charge is -2.02. The summed E-state index contributed by atoms with van der Waals surface area (Å²) in [5, 5.41) is 3.76. The highest BCUT2D eigenvalue weighted by molar-refractivity contribution is 9.09. The van der Waals surface area contributed by atoms with Gasteiger partial charge < -0.3 is 5.32 Å². The second kappa shape index (κ2) is 6.48. The molecule has 0 unspecified atom stereocenters. The van der Waals surface area contributed by atoms with Crippen molar-refractivity contribution in [3.63, 3.8) is 0 Å². The van der Waals surface area contributed by atoms with Gasteiger partial charge in [-0.15, -0.1) is 0 Å². The molecule has 76 valence electrons. The van der Waals surface area contributed by atoms with E-state index in [0.717, 1.165) is 18.2 Å². The molecule has 1 aromatic rings. The van der Waals surface area contributed by atoms with Crippen molar-refractivity contribution in [3.05, 3.63) is 24.3 Å². The van der Waals surface area contributed by atoms with Crippen LogP contribution in [0.4, 0.5) is 0 Å². The molecule has 0 spiro atoms. The van der Waals surface area contributed by atoms with Crippen LogP contribution in [-0.2, 0) is 0 Å². The van der Waals surface area contributed by atoms with Crippen molar-refractivity contribution >= 4 is 21.8 Å². The predicted octanol–water partition coefficient (Wildman–Crippen LogP) is 1.38. The Hall–Kier alpha value is -0.970. The minimum Gasteiger partial charge on any atom is -0.352 e. The molecule has 14 heavy (non-hydrogen) atoms. The van der Waals surface area contributed by atoms with Gasteiger partial charge in [0.25, 0.3) is 5.91 Å². The molecular weight excluding hydrogens is 246 g/mol. The standard InChI is InChI=1S/C9H12BrN3O/c10-3-1-2-4-13-9(14)8-5-11-7-12-6-8/h5-7H,1-4H2,(H,13,14). The van der Waals surface area contributed by atoms with Crippen molar-refractivity contribution in [2.24, 2.45) is 0 Å². The van der Waals surface area contributed by atoms with Crippen molar-refractivity contribution in [1.29, 1.82) is 0 Å².